The van der Waals surface area contributed by atoms with Crippen LogP contribution in [0.1, 0.15) is 0 Å². The van der Waals surface area contributed by atoms with Crippen molar-refractivity contribution in [1.29, 1.82) is 0 Å². The van der Waals surface area contributed by atoms with Crippen LogP contribution in [0.5, 0.6) is 17.5 Å². The standard InChI is InChI=1S/C38H35N5O9/c1-4-33(44)49-21-19-47-31-17-15-29(25-11-7-9-13-27(25)31)39-36-41-37(43-38(42-36)52-24-23-51-35(46)6-3)40-30-16-18-32(28-14-10-8-12-26(28)30)48-20-22-50-34(45)5-2/h4-18H,1-3,19-24H2,(H2,39,40,41,42,43). The summed E-state index contributed by atoms with van der Waals surface area (Å²) in [5, 5.41) is 9.71. The van der Waals surface area contributed by atoms with Gasteiger partial charge in [-0.3, -0.25) is 0 Å². The maximum Gasteiger partial charge on any atom is 0.330 e. The van der Waals surface area contributed by atoms with Gasteiger partial charge < -0.3 is 39.1 Å². The van der Waals surface area contributed by atoms with Gasteiger partial charge in [0, 0.05) is 51.1 Å². The van der Waals surface area contributed by atoms with E-state index in [4.69, 9.17) is 28.4 Å². The summed E-state index contributed by atoms with van der Waals surface area (Å²) in [7, 11) is 0. The monoisotopic (exact) mass is 705 g/mol. The molecule has 0 radical (unpaired) electrons. The first-order chi connectivity index (χ1) is 25.4. The predicted octanol–water partition coefficient (Wildman–Crippen LogP) is 5.99. The summed E-state index contributed by atoms with van der Waals surface area (Å²) < 4.78 is 32.6. The molecule has 0 saturated carbocycles. The van der Waals surface area contributed by atoms with Crippen molar-refractivity contribution in [1.82, 2.24) is 15.0 Å². The minimum Gasteiger partial charge on any atom is -0.489 e. The molecule has 2 N–H and O–H groups in total. The van der Waals surface area contributed by atoms with Crippen molar-refractivity contribution in [3.63, 3.8) is 0 Å². The van der Waals surface area contributed by atoms with Crippen LogP contribution in [0.4, 0.5) is 23.3 Å². The van der Waals surface area contributed by atoms with E-state index in [1.807, 2.05) is 60.7 Å². The number of nitrogens with one attached hydrogen (secondary N) is 2. The van der Waals surface area contributed by atoms with Crippen molar-refractivity contribution >= 4 is 62.7 Å². The minimum absolute atomic E-state index is 0.0311. The molecule has 0 fully saturated rings. The lowest BCUT2D eigenvalue weighted by Crippen LogP contribution is -2.13. The van der Waals surface area contributed by atoms with E-state index in [0.717, 1.165) is 39.8 Å². The second kappa shape index (κ2) is 18.2. The summed E-state index contributed by atoms with van der Waals surface area (Å²) in [6.07, 6.45) is 3.24. The molecule has 14 nitrogen and oxygen atoms in total. The van der Waals surface area contributed by atoms with Gasteiger partial charge in [0.1, 0.15) is 51.1 Å². The van der Waals surface area contributed by atoms with Crippen LogP contribution in [0.25, 0.3) is 21.5 Å². The van der Waals surface area contributed by atoms with Crippen LogP contribution in [0.15, 0.2) is 111 Å². The highest BCUT2D eigenvalue weighted by atomic mass is 16.6. The maximum atomic E-state index is 11.5. The molecule has 4 aromatic carbocycles. The van der Waals surface area contributed by atoms with Gasteiger partial charge in [0.2, 0.25) is 11.9 Å². The quantitative estimate of drug-likeness (QED) is 0.0445. The van der Waals surface area contributed by atoms with Gasteiger partial charge in [0.15, 0.2) is 0 Å². The number of aromatic nitrogens is 3. The van der Waals surface area contributed by atoms with Gasteiger partial charge in [-0.25, -0.2) is 14.4 Å². The molecule has 0 aliphatic heterocycles. The first kappa shape index (κ1) is 36.3. The van der Waals surface area contributed by atoms with E-state index >= 15 is 0 Å². The summed E-state index contributed by atoms with van der Waals surface area (Å²) in [6.45, 7) is 10.5. The fourth-order valence-corrected chi connectivity index (χ4v) is 4.83. The number of nitrogens with zero attached hydrogens (tertiary/aromatic N) is 3. The van der Waals surface area contributed by atoms with Gasteiger partial charge in [-0.2, -0.15) is 15.0 Å². The highest BCUT2D eigenvalue weighted by molar-refractivity contribution is 6.00. The Hall–Kier alpha value is -6.96. The molecule has 0 atom stereocenters. The Labute approximate surface area is 298 Å². The molecule has 5 rings (SSSR count). The van der Waals surface area contributed by atoms with Gasteiger partial charge in [-0.1, -0.05) is 68.3 Å². The Morgan fingerprint density at radius 1 is 0.500 bits per heavy atom. The molecule has 52 heavy (non-hydrogen) atoms. The van der Waals surface area contributed by atoms with Crippen molar-refractivity contribution < 1.29 is 42.8 Å². The number of rotatable bonds is 19. The summed E-state index contributed by atoms with van der Waals surface area (Å²) in [6, 6.07) is 22.3. The third kappa shape index (κ3) is 9.81. The smallest absolute Gasteiger partial charge is 0.330 e. The summed E-state index contributed by atoms with van der Waals surface area (Å²) in [5.41, 5.74) is 1.32. The molecule has 14 heteroatoms. The predicted molar refractivity (Wildman–Crippen MR) is 194 cm³/mol. The molecular weight excluding hydrogens is 670 g/mol. The number of benzene rings is 4. The highest BCUT2D eigenvalue weighted by Gasteiger charge is 2.15. The van der Waals surface area contributed by atoms with E-state index in [1.54, 1.807) is 12.1 Å². The Kier molecular flexibility index (Phi) is 12.7. The number of anilines is 4. The fourth-order valence-electron chi connectivity index (χ4n) is 4.83. The Balaban J connectivity index is 1.40. The zero-order chi connectivity index (χ0) is 36.7. The van der Waals surface area contributed by atoms with E-state index in [1.165, 1.54) is 0 Å². The van der Waals surface area contributed by atoms with E-state index in [9.17, 15) is 14.4 Å². The van der Waals surface area contributed by atoms with Crippen molar-refractivity contribution in [3.05, 3.63) is 111 Å². The number of ether oxygens (including phenoxy) is 6. The molecule has 0 spiro atoms. The lowest BCUT2D eigenvalue weighted by molar-refractivity contribution is -0.139. The van der Waals surface area contributed by atoms with Crippen LogP contribution in [0.3, 0.4) is 0 Å². The number of carbonyl (C=O) groups is 3. The van der Waals surface area contributed by atoms with Crippen LogP contribution < -0.4 is 24.8 Å². The van der Waals surface area contributed by atoms with Crippen molar-refractivity contribution in [2.45, 2.75) is 0 Å². The maximum absolute atomic E-state index is 11.5. The number of esters is 3. The second-order valence-electron chi connectivity index (χ2n) is 10.5. The fraction of sp³-hybridized carbons (Fsp3) is 0.158. The third-order valence-electron chi connectivity index (χ3n) is 7.11. The highest BCUT2D eigenvalue weighted by Crippen LogP contribution is 2.35. The largest absolute Gasteiger partial charge is 0.489 e. The van der Waals surface area contributed by atoms with Crippen LogP contribution >= 0.6 is 0 Å². The zero-order valence-electron chi connectivity index (χ0n) is 28.0. The molecule has 0 bridgehead atoms. The molecule has 5 aromatic rings. The molecule has 0 aliphatic rings. The van der Waals surface area contributed by atoms with Crippen molar-refractivity contribution in [2.24, 2.45) is 0 Å². The van der Waals surface area contributed by atoms with Gasteiger partial charge in [-0.15, -0.1) is 0 Å². The Morgan fingerprint density at radius 2 is 0.885 bits per heavy atom. The lowest BCUT2D eigenvalue weighted by atomic mass is 10.1. The topological polar surface area (TPSA) is 169 Å². The van der Waals surface area contributed by atoms with Crippen LogP contribution in [0, 0.1) is 0 Å². The minimum atomic E-state index is -0.585. The van der Waals surface area contributed by atoms with E-state index in [-0.39, 0.29) is 57.5 Å². The molecule has 0 saturated heterocycles. The van der Waals surface area contributed by atoms with E-state index < -0.39 is 17.9 Å². The lowest BCUT2D eigenvalue weighted by Gasteiger charge is -2.16. The summed E-state index contributed by atoms with van der Waals surface area (Å²) >= 11 is 0. The molecular formula is C38H35N5O9. The first-order valence-electron chi connectivity index (χ1n) is 16.0. The van der Waals surface area contributed by atoms with E-state index in [0.29, 0.717) is 22.9 Å². The summed E-state index contributed by atoms with van der Waals surface area (Å²) in [5.74, 6) is -0.153. The number of fused-ring (bicyclic) bond motifs is 2. The summed E-state index contributed by atoms with van der Waals surface area (Å²) in [4.78, 5) is 47.8. The van der Waals surface area contributed by atoms with Crippen molar-refractivity contribution in [2.75, 3.05) is 50.3 Å². The van der Waals surface area contributed by atoms with Gasteiger partial charge in [0.25, 0.3) is 0 Å². The second-order valence-corrected chi connectivity index (χ2v) is 10.5. The van der Waals surface area contributed by atoms with Gasteiger partial charge >= 0.3 is 23.9 Å². The van der Waals surface area contributed by atoms with Crippen LogP contribution in [-0.2, 0) is 28.6 Å². The first-order valence-corrected chi connectivity index (χ1v) is 16.0. The van der Waals surface area contributed by atoms with Crippen LogP contribution in [0.2, 0.25) is 0 Å². The molecule has 0 aliphatic carbocycles. The normalized spacial score (nSPS) is 10.5. The average molecular weight is 706 g/mol. The Morgan fingerprint density at radius 3 is 1.29 bits per heavy atom. The average Bonchev–Trinajstić information content (AvgIpc) is 3.17. The van der Waals surface area contributed by atoms with Gasteiger partial charge in [-0.05, 0) is 24.3 Å². The van der Waals surface area contributed by atoms with Gasteiger partial charge in [0.05, 0.1) is 0 Å². The zero-order valence-corrected chi connectivity index (χ0v) is 28.0. The molecule has 1 aromatic heterocycles. The number of hydrogen-bond donors (Lipinski definition) is 2. The molecule has 0 unspecified atom stereocenters. The Bertz CT molecular complexity index is 1970. The SMILES string of the molecule is C=CC(=O)OCCOc1nc(Nc2ccc(OCCOC(=O)C=C)c3ccccc23)nc(Nc2ccc(OCCOC(=O)C=C)c3ccccc23)n1. The number of carbonyl (C=O) groups excluding carboxylic acids is 3. The van der Waals surface area contributed by atoms with Crippen LogP contribution in [-0.4, -0.2) is 72.5 Å². The van der Waals surface area contributed by atoms with Crippen molar-refractivity contribution in [3.8, 4) is 17.5 Å². The molecule has 0 amide bonds. The third-order valence-corrected chi connectivity index (χ3v) is 7.11. The van der Waals surface area contributed by atoms with E-state index in [2.05, 4.69) is 45.3 Å². The number of hydrogen-bond acceptors (Lipinski definition) is 14. The molecule has 1 heterocycles. The molecule has 266 valence electrons.